The number of pyridine rings is 1. The molecule has 2 atom stereocenters. The van der Waals surface area contributed by atoms with E-state index in [9.17, 15) is 4.79 Å². The van der Waals surface area contributed by atoms with Gasteiger partial charge in [-0.25, -0.2) is 0 Å². The van der Waals surface area contributed by atoms with E-state index in [2.05, 4.69) is 51.9 Å². The summed E-state index contributed by atoms with van der Waals surface area (Å²) >= 11 is 5.84. The Morgan fingerprint density at radius 1 is 1.24 bits per heavy atom. The Morgan fingerprint density at radius 3 is 2.64 bits per heavy atom. The van der Waals surface area contributed by atoms with Gasteiger partial charge in [-0.2, -0.15) is 0 Å². The van der Waals surface area contributed by atoms with Crippen LogP contribution in [0.2, 0.25) is 0 Å². The molecule has 1 aliphatic rings. The molecule has 4 rings (SSSR count). The summed E-state index contributed by atoms with van der Waals surface area (Å²) in [5, 5.41) is 6.97. The van der Waals surface area contributed by atoms with Gasteiger partial charge in [-0.15, -0.1) is 0 Å². The van der Waals surface area contributed by atoms with Gasteiger partial charge in [0.15, 0.2) is 5.11 Å². The quantitative estimate of drug-likeness (QED) is 0.518. The van der Waals surface area contributed by atoms with Crippen molar-refractivity contribution in [1.82, 2.24) is 14.9 Å². The molecule has 1 saturated heterocycles. The third-order valence-corrected chi connectivity index (χ3v) is 6.43. The van der Waals surface area contributed by atoms with Gasteiger partial charge in [0.2, 0.25) is 5.91 Å². The normalized spacial score (nSPS) is 17.7. The Bertz CT molecular complexity index is 1190. The summed E-state index contributed by atoms with van der Waals surface area (Å²) in [6.07, 6.45) is 1.80. The Balaban J connectivity index is 1.88. The number of carbonyl (C=O) groups excluding carboxylic acids is 1. The topological polar surface area (TPSA) is 71.4 Å². The third kappa shape index (κ3) is 4.18. The van der Waals surface area contributed by atoms with Gasteiger partial charge in [0.05, 0.1) is 30.6 Å². The lowest BCUT2D eigenvalue weighted by Crippen LogP contribution is -2.29. The van der Waals surface area contributed by atoms with Gasteiger partial charge in [-0.1, -0.05) is 6.07 Å². The molecular formula is C25H29N5O2S. The Kier molecular flexibility index (Phi) is 6.37. The molecule has 7 nitrogen and oxygen atoms in total. The molecule has 0 aliphatic carbocycles. The first-order chi connectivity index (χ1) is 15.8. The predicted molar refractivity (Wildman–Crippen MR) is 135 cm³/mol. The zero-order valence-electron chi connectivity index (χ0n) is 19.5. The van der Waals surface area contributed by atoms with Crippen LogP contribution >= 0.6 is 12.2 Å². The molecule has 0 bridgehead atoms. The van der Waals surface area contributed by atoms with Crippen molar-refractivity contribution >= 4 is 34.6 Å². The molecule has 1 fully saturated rings. The van der Waals surface area contributed by atoms with Gasteiger partial charge in [0.1, 0.15) is 5.75 Å². The summed E-state index contributed by atoms with van der Waals surface area (Å²) < 4.78 is 7.76. The van der Waals surface area contributed by atoms with Gasteiger partial charge in [-0.05, 0) is 75.0 Å². The first kappa shape index (κ1) is 22.8. The molecule has 3 aromatic rings. The number of carbonyl (C=O) groups is 1. The molecule has 8 heteroatoms. The fourth-order valence-corrected chi connectivity index (χ4v) is 5.04. The number of amides is 1. The SMILES string of the molecule is CCn1c(C)cc([C@@H]2[C@@H](c3ccccn3)NC(=S)N2c2ccc(OC)c(NC(C)=O)c2)c1C. The maximum atomic E-state index is 11.8. The molecular weight excluding hydrogens is 434 g/mol. The summed E-state index contributed by atoms with van der Waals surface area (Å²) in [5.74, 6) is 0.427. The van der Waals surface area contributed by atoms with Crippen molar-refractivity contribution in [2.24, 2.45) is 0 Å². The van der Waals surface area contributed by atoms with Crippen molar-refractivity contribution in [3.8, 4) is 5.75 Å². The molecule has 172 valence electrons. The lowest BCUT2D eigenvalue weighted by atomic mass is 9.96. The van der Waals surface area contributed by atoms with E-state index in [1.54, 1.807) is 13.3 Å². The van der Waals surface area contributed by atoms with Gasteiger partial charge in [0, 0.05) is 36.7 Å². The minimum Gasteiger partial charge on any atom is -0.495 e. The van der Waals surface area contributed by atoms with E-state index in [1.165, 1.54) is 23.9 Å². The lowest BCUT2D eigenvalue weighted by Gasteiger charge is -2.29. The van der Waals surface area contributed by atoms with Crippen LogP contribution < -0.4 is 20.3 Å². The van der Waals surface area contributed by atoms with E-state index < -0.39 is 0 Å². The summed E-state index contributed by atoms with van der Waals surface area (Å²) in [4.78, 5) is 18.5. The monoisotopic (exact) mass is 463 g/mol. The summed E-state index contributed by atoms with van der Waals surface area (Å²) in [5.41, 5.74) is 5.98. The second-order valence-electron chi connectivity index (χ2n) is 8.13. The first-order valence-corrected chi connectivity index (χ1v) is 11.4. The zero-order valence-corrected chi connectivity index (χ0v) is 20.4. The molecule has 1 amide bonds. The number of benzene rings is 1. The molecule has 3 heterocycles. The van der Waals surface area contributed by atoms with Crippen molar-refractivity contribution in [2.45, 2.75) is 46.3 Å². The maximum absolute atomic E-state index is 11.8. The van der Waals surface area contributed by atoms with Crippen LogP contribution in [0.3, 0.4) is 0 Å². The number of methoxy groups -OCH3 is 1. The Morgan fingerprint density at radius 2 is 2.03 bits per heavy atom. The van der Waals surface area contributed by atoms with Crippen molar-refractivity contribution in [2.75, 3.05) is 17.3 Å². The highest BCUT2D eigenvalue weighted by molar-refractivity contribution is 7.80. The summed E-state index contributed by atoms with van der Waals surface area (Å²) in [7, 11) is 1.59. The zero-order chi connectivity index (χ0) is 23.7. The number of hydrogen-bond donors (Lipinski definition) is 2. The number of ether oxygens (including phenoxy) is 1. The second kappa shape index (κ2) is 9.23. The number of nitrogens with one attached hydrogen (secondary N) is 2. The van der Waals surface area contributed by atoms with Crippen LogP contribution in [0.5, 0.6) is 5.75 Å². The number of aromatic nitrogens is 2. The van der Waals surface area contributed by atoms with Crippen molar-refractivity contribution < 1.29 is 9.53 Å². The van der Waals surface area contributed by atoms with Crippen LogP contribution in [0.1, 0.15) is 48.6 Å². The van der Waals surface area contributed by atoms with Crippen LogP contribution in [0, 0.1) is 13.8 Å². The molecule has 1 aromatic carbocycles. The average Bonchev–Trinajstić information content (AvgIpc) is 3.28. The Labute approximate surface area is 199 Å². The predicted octanol–water partition coefficient (Wildman–Crippen LogP) is 4.66. The fraction of sp³-hybridized carbons (Fsp3) is 0.320. The Hall–Kier alpha value is -3.39. The van der Waals surface area contributed by atoms with Crippen LogP contribution in [0.25, 0.3) is 0 Å². The molecule has 33 heavy (non-hydrogen) atoms. The number of rotatable bonds is 6. The lowest BCUT2D eigenvalue weighted by molar-refractivity contribution is -0.114. The number of thiocarbonyl (C=S) groups is 1. The van der Waals surface area contributed by atoms with Gasteiger partial charge in [0.25, 0.3) is 0 Å². The van der Waals surface area contributed by atoms with E-state index in [0.29, 0.717) is 16.5 Å². The summed E-state index contributed by atoms with van der Waals surface area (Å²) in [6, 6.07) is 13.6. The summed E-state index contributed by atoms with van der Waals surface area (Å²) in [6.45, 7) is 8.80. The highest BCUT2D eigenvalue weighted by Crippen LogP contribution is 2.44. The first-order valence-electron chi connectivity index (χ1n) is 11.0. The molecule has 0 radical (unpaired) electrons. The number of aryl methyl sites for hydroxylation is 1. The molecule has 2 aromatic heterocycles. The van der Waals surface area contributed by atoms with E-state index in [0.717, 1.165) is 17.9 Å². The van der Waals surface area contributed by atoms with E-state index in [1.807, 2.05) is 36.4 Å². The van der Waals surface area contributed by atoms with Crippen molar-refractivity contribution in [3.63, 3.8) is 0 Å². The molecule has 0 unspecified atom stereocenters. The van der Waals surface area contributed by atoms with Crippen LogP contribution in [-0.4, -0.2) is 27.7 Å². The third-order valence-electron chi connectivity index (χ3n) is 6.12. The smallest absolute Gasteiger partial charge is 0.221 e. The van der Waals surface area contributed by atoms with E-state index in [4.69, 9.17) is 17.0 Å². The van der Waals surface area contributed by atoms with Gasteiger partial charge < -0.3 is 24.8 Å². The number of nitrogens with zero attached hydrogens (tertiary/aromatic N) is 3. The maximum Gasteiger partial charge on any atom is 0.221 e. The molecule has 0 spiro atoms. The molecule has 2 N–H and O–H groups in total. The second-order valence-corrected chi connectivity index (χ2v) is 8.52. The van der Waals surface area contributed by atoms with Gasteiger partial charge in [-0.3, -0.25) is 9.78 Å². The highest BCUT2D eigenvalue weighted by Gasteiger charge is 2.42. The minimum atomic E-state index is -0.165. The van der Waals surface area contributed by atoms with Crippen molar-refractivity contribution in [3.05, 3.63) is 71.3 Å². The van der Waals surface area contributed by atoms with Gasteiger partial charge >= 0.3 is 0 Å². The van der Waals surface area contributed by atoms with E-state index in [-0.39, 0.29) is 18.0 Å². The van der Waals surface area contributed by atoms with Crippen LogP contribution in [0.4, 0.5) is 11.4 Å². The molecule has 0 saturated carbocycles. The fourth-order valence-electron chi connectivity index (χ4n) is 4.70. The van der Waals surface area contributed by atoms with Crippen LogP contribution in [-0.2, 0) is 11.3 Å². The van der Waals surface area contributed by atoms with Crippen molar-refractivity contribution in [1.29, 1.82) is 0 Å². The minimum absolute atomic E-state index is 0.113. The molecule has 1 aliphatic heterocycles. The average molecular weight is 464 g/mol. The highest BCUT2D eigenvalue weighted by atomic mass is 32.1. The largest absolute Gasteiger partial charge is 0.495 e. The van der Waals surface area contributed by atoms with Crippen LogP contribution in [0.15, 0.2) is 48.7 Å². The standard InChI is InChI=1S/C25H29N5O2S/c1-6-29-15(2)13-19(16(29)3)24-23(20-9-7-8-12-26-20)28-25(33)30(24)18-10-11-22(32-5)21(14-18)27-17(4)31/h7-14,23-24H,6H2,1-5H3,(H,27,31)(H,28,33)/t23-,24-/m1/s1. The van der Waals surface area contributed by atoms with E-state index >= 15 is 0 Å². The number of hydrogen-bond acceptors (Lipinski definition) is 4. The number of anilines is 2.